The zero-order valence-corrected chi connectivity index (χ0v) is 21.7. The highest BCUT2D eigenvalue weighted by Gasteiger charge is 2.21. The first-order chi connectivity index (χ1) is 18.6. The number of pyridine rings is 1. The van der Waals surface area contributed by atoms with Gasteiger partial charge in [0.05, 0.1) is 17.0 Å². The van der Waals surface area contributed by atoms with Gasteiger partial charge in [-0.15, -0.1) is 0 Å². The monoisotopic (exact) mass is 511 g/mol. The molecule has 4 nitrogen and oxygen atoms in total. The molecule has 0 aliphatic carbocycles. The second-order valence-electron chi connectivity index (χ2n) is 8.77. The number of hydrogen-bond donors (Lipinski definition) is 0. The van der Waals surface area contributed by atoms with Gasteiger partial charge in [0, 0.05) is 22.5 Å². The van der Waals surface area contributed by atoms with Gasteiger partial charge in [-0.05, 0) is 42.8 Å². The van der Waals surface area contributed by atoms with E-state index in [1.165, 1.54) is 11.8 Å². The van der Waals surface area contributed by atoms with Crippen molar-refractivity contribution in [2.45, 2.75) is 11.9 Å². The van der Waals surface area contributed by atoms with Crippen LogP contribution in [-0.2, 0) is 4.79 Å². The van der Waals surface area contributed by atoms with Crippen LogP contribution in [0.3, 0.4) is 0 Å². The van der Waals surface area contributed by atoms with Crippen molar-refractivity contribution in [1.82, 2.24) is 4.98 Å². The molecule has 0 fully saturated rings. The number of benzene rings is 4. The Morgan fingerprint density at radius 1 is 0.789 bits per heavy atom. The number of anilines is 2. The van der Waals surface area contributed by atoms with Gasteiger partial charge in [-0.1, -0.05) is 108 Å². The first-order valence-corrected chi connectivity index (χ1v) is 13.3. The topological polar surface area (TPSA) is 57.0 Å². The average Bonchev–Trinajstić information content (AvgIpc) is 2.97. The summed E-state index contributed by atoms with van der Waals surface area (Å²) in [5, 5.41) is 10.7. The van der Waals surface area contributed by atoms with E-state index >= 15 is 0 Å². The Kier molecular flexibility index (Phi) is 7.63. The van der Waals surface area contributed by atoms with Gasteiger partial charge in [-0.2, -0.15) is 5.26 Å². The highest BCUT2D eigenvalue weighted by atomic mass is 32.2. The van der Waals surface area contributed by atoms with E-state index in [4.69, 9.17) is 4.98 Å². The van der Waals surface area contributed by atoms with Crippen LogP contribution in [0.15, 0.2) is 126 Å². The molecule has 0 aliphatic rings. The molecule has 5 aromatic rings. The minimum atomic E-state index is -0.0971. The van der Waals surface area contributed by atoms with Gasteiger partial charge < -0.3 is 0 Å². The molecule has 0 aliphatic heterocycles. The Hall–Kier alpha value is -4.66. The van der Waals surface area contributed by atoms with Crippen molar-refractivity contribution in [3.63, 3.8) is 0 Å². The molecule has 184 valence electrons. The SMILES string of the molecule is Cc1ccc(-c2cc(-c3ccccc3)nc(SCC(=O)N(c3ccccc3)c3ccccc3)c2C#N)cc1. The van der Waals surface area contributed by atoms with Gasteiger partial charge in [0.15, 0.2) is 0 Å². The van der Waals surface area contributed by atoms with E-state index in [1.807, 2.05) is 128 Å². The molecule has 5 heteroatoms. The van der Waals surface area contributed by atoms with Crippen molar-refractivity contribution in [2.24, 2.45) is 0 Å². The van der Waals surface area contributed by atoms with Crippen molar-refractivity contribution < 1.29 is 4.79 Å². The first-order valence-electron chi connectivity index (χ1n) is 12.3. The number of amides is 1. The Morgan fingerprint density at radius 2 is 1.34 bits per heavy atom. The van der Waals surface area contributed by atoms with E-state index in [0.29, 0.717) is 10.6 Å². The molecule has 1 heterocycles. The zero-order valence-electron chi connectivity index (χ0n) is 20.9. The number of hydrogen-bond acceptors (Lipinski definition) is 4. The Labute approximate surface area is 227 Å². The number of carbonyl (C=O) groups is 1. The molecule has 1 amide bonds. The molecule has 0 saturated heterocycles. The van der Waals surface area contributed by atoms with E-state index in [2.05, 4.69) is 6.07 Å². The van der Waals surface area contributed by atoms with Gasteiger partial charge in [0.1, 0.15) is 11.1 Å². The molecule has 5 rings (SSSR count). The standard InChI is InChI=1S/C33H25N3OS/c1-24-17-19-25(20-18-24)29-21-31(26-11-5-2-6-12-26)35-33(30(29)22-34)38-23-32(37)36(27-13-7-3-8-14-27)28-15-9-4-10-16-28/h2-21H,23H2,1H3. The van der Waals surface area contributed by atoms with Crippen LogP contribution in [0.1, 0.15) is 11.1 Å². The minimum Gasteiger partial charge on any atom is -0.280 e. The van der Waals surface area contributed by atoms with Crippen LogP contribution in [0.25, 0.3) is 22.4 Å². The molecule has 0 saturated carbocycles. The fourth-order valence-electron chi connectivity index (χ4n) is 4.24. The number of aryl methyl sites for hydroxylation is 1. The summed E-state index contributed by atoms with van der Waals surface area (Å²) in [5.41, 5.74) is 6.65. The van der Waals surface area contributed by atoms with Crippen molar-refractivity contribution in [3.8, 4) is 28.5 Å². The molecule has 1 aromatic heterocycles. The number of aromatic nitrogens is 1. The maximum Gasteiger partial charge on any atom is 0.241 e. The predicted octanol–water partition coefficient (Wildman–Crippen LogP) is 8.05. The molecule has 0 unspecified atom stereocenters. The van der Waals surface area contributed by atoms with Crippen LogP contribution >= 0.6 is 11.8 Å². The largest absolute Gasteiger partial charge is 0.280 e. The molecule has 0 N–H and O–H groups in total. The zero-order chi connectivity index (χ0) is 26.3. The van der Waals surface area contributed by atoms with Crippen LogP contribution < -0.4 is 4.90 Å². The van der Waals surface area contributed by atoms with Gasteiger partial charge in [-0.3, -0.25) is 9.69 Å². The summed E-state index contributed by atoms with van der Waals surface area (Å²) in [6.45, 7) is 2.04. The number of thioether (sulfide) groups is 1. The van der Waals surface area contributed by atoms with Crippen molar-refractivity contribution in [3.05, 3.63) is 132 Å². The van der Waals surface area contributed by atoms with E-state index in [9.17, 15) is 10.1 Å². The van der Waals surface area contributed by atoms with Crippen LogP contribution in [0.2, 0.25) is 0 Å². The van der Waals surface area contributed by atoms with E-state index < -0.39 is 0 Å². The maximum absolute atomic E-state index is 13.7. The van der Waals surface area contributed by atoms with Crippen molar-refractivity contribution in [2.75, 3.05) is 10.7 Å². The molecular weight excluding hydrogens is 486 g/mol. The third-order valence-electron chi connectivity index (χ3n) is 6.14. The molecule has 0 bridgehead atoms. The Balaban J connectivity index is 1.54. The smallest absolute Gasteiger partial charge is 0.241 e. The Morgan fingerprint density at radius 3 is 1.89 bits per heavy atom. The van der Waals surface area contributed by atoms with Gasteiger partial charge in [0.25, 0.3) is 0 Å². The van der Waals surface area contributed by atoms with Gasteiger partial charge in [0.2, 0.25) is 5.91 Å². The van der Waals surface area contributed by atoms with E-state index in [0.717, 1.165) is 39.3 Å². The van der Waals surface area contributed by atoms with Crippen LogP contribution in [0.4, 0.5) is 11.4 Å². The summed E-state index contributed by atoms with van der Waals surface area (Å²) in [5.74, 6) is 0.0249. The van der Waals surface area contributed by atoms with Gasteiger partial charge in [-0.25, -0.2) is 4.98 Å². The van der Waals surface area contributed by atoms with E-state index in [1.54, 1.807) is 4.90 Å². The number of carbonyl (C=O) groups excluding carboxylic acids is 1. The van der Waals surface area contributed by atoms with Crippen molar-refractivity contribution in [1.29, 1.82) is 5.26 Å². The highest BCUT2D eigenvalue weighted by molar-refractivity contribution is 8.00. The highest BCUT2D eigenvalue weighted by Crippen LogP contribution is 2.35. The summed E-state index contributed by atoms with van der Waals surface area (Å²) < 4.78 is 0. The molecule has 0 radical (unpaired) electrons. The minimum absolute atomic E-state index is 0.0971. The summed E-state index contributed by atoms with van der Waals surface area (Å²) >= 11 is 1.29. The first kappa shape index (κ1) is 25.0. The summed E-state index contributed by atoms with van der Waals surface area (Å²) in [4.78, 5) is 20.2. The van der Waals surface area contributed by atoms with Crippen LogP contribution in [0.5, 0.6) is 0 Å². The normalized spacial score (nSPS) is 10.5. The summed E-state index contributed by atoms with van der Waals surface area (Å²) in [6.07, 6.45) is 0. The molecule has 0 spiro atoms. The predicted molar refractivity (Wildman–Crippen MR) is 155 cm³/mol. The molecule has 0 atom stereocenters. The number of nitriles is 1. The fourth-order valence-corrected chi connectivity index (χ4v) is 5.09. The quantitative estimate of drug-likeness (QED) is 0.207. The maximum atomic E-state index is 13.7. The lowest BCUT2D eigenvalue weighted by Crippen LogP contribution is -2.27. The van der Waals surface area contributed by atoms with Crippen LogP contribution in [0, 0.1) is 18.3 Å². The molecule has 38 heavy (non-hydrogen) atoms. The number of rotatable bonds is 7. The lowest BCUT2D eigenvalue weighted by molar-refractivity contribution is -0.115. The second kappa shape index (κ2) is 11.6. The summed E-state index contributed by atoms with van der Waals surface area (Å²) in [7, 11) is 0. The van der Waals surface area contributed by atoms with Crippen molar-refractivity contribution >= 4 is 29.0 Å². The Bertz CT molecular complexity index is 1540. The third kappa shape index (κ3) is 5.51. The summed E-state index contributed by atoms with van der Waals surface area (Å²) in [6, 6.07) is 41.5. The average molecular weight is 512 g/mol. The lowest BCUT2D eigenvalue weighted by Gasteiger charge is -2.23. The number of nitrogens with zero attached hydrogens (tertiary/aromatic N) is 3. The second-order valence-corrected chi connectivity index (χ2v) is 9.73. The molecule has 4 aromatic carbocycles. The van der Waals surface area contributed by atoms with Crippen LogP contribution in [-0.4, -0.2) is 16.6 Å². The van der Waals surface area contributed by atoms with Gasteiger partial charge >= 0.3 is 0 Å². The fraction of sp³-hybridized carbons (Fsp3) is 0.0606. The number of para-hydroxylation sites is 2. The van der Waals surface area contributed by atoms with E-state index in [-0.39, 0.29) is 11.7 Å². The molecular formula is C33H25N3OS. The lowest BCUT2D eigenvalue weighted by atomic mass is 9.98. The third-order valence-corrected chi connectivity index (χ3v) is 7.10.